The monoisotopic (exact) mass is 294 g/mol. The van der Waals surface area contributed by atoms with Crippen molar-refractivity contribution in [1.82, 2.24) is 9.78 Å². The van der Waals surface area contributed by atoms with Gasteiger partial charge in [-0.3, -0.25) is 0 Å². The van der Waals surface area contributed by atoms with Crippen molar-refractivity contribution in [3.63, 3.8) is 0 Å². The molecule has 2 N–H and O–H groups in total. The SMILES string of the molecule is CC(C)c1cc(-c2ccc(O)cc2)nn1-c1ccc(O)cc1. The maximum absolute atomic E-state index is 9.44. The average Bonchev–Trinajstić information content (AvgIpc) is 2.94. The minimum Gasteiger partial charge on any atom is -0.508 e. The van der Waals surface area contributed by atoms with Crippen LogP contribution in [0.2, 0.25) is 0 Å². The van der Waals surface area contributed by atoms with Gasteiger partial charge in [-0.15, -0.1) is 0 Å². The third-order valence-electron chi connectivity index (χ3n) is 3.59. The van der Waals surface area contributed by atoms with Gasteiger partial charge in [0.05, 0.1) is 11.4 Å². The van der Waals surface area contributed by atoms with Gasteiger partial charge in [-0.2, -0.15) is 5.10 Å². The Balaban J connectivity index is 2.09. The Kier molecular flexibility index (Phi) is 3.59. The second-order valence-electron chi connectivity index (χ2n) is 5.58. The van der Waals surface area contributed by atoms with Crippen molar-refractivity contribution in [2.24, 2.45) is 0 Å². The molecule has 0 aliphatic rings. The molecule has 0 amide bonds. The summed E-state index contributed by atoms with van der Waals surface area (Å²) in [5, 5.41) is 23.5. The summed E-state index contributed by atoms with van der Waals surface area (Å²) in [7, 11) is 0. The van der Waals surface area contributed by atoms with Gasteiger partial charge in [0.1, 0.15) is 11.5 Å². The highest BCUT2D eigenvalue weighted by Crippen LogP contribution is 2.27. The summed E-state index contributed by atoms with van der Waals surface area (Å²) in [6.07, 6.45) is 0. The molecular weight excluding hydrogens is 276 g/mol. The summed E-state index contributed by atoms with van der Waals surface area (Å²) in [6.45, 7) is 4.24. The molecule has 0 radical (unpaired) electrons. The molecule has 0 spiro atoms. The summed E-state index contributed by atoms with van der Waals surface area (Å²) < 4.78 is 1.90. The Morgan fingerprint density at radius 3 is 1.95 bits per heavy atom. The van der Waals surface area contributed by atoms with Gasteiger partial charge in [-0.25, -0.2) is 4.68 Å². The van der Waals surface area contributed by atoms with Crippen LogP contribution in [0.5, 0.6) is 11.5 Å². The smallest absolute Gasteiger partial charge is 0.115 e. The van der Waals surface area contributed by atoms with Crippen molar-refractivity contribution < 1.29 is 10.2 Å². The molecule has 112 valence electrons. The zero-order chi connectivity index (χ0) is 15.7. The van der Waals surface area contributed by atoms with E-state index in [1.165, 1.54) is 0 Å². The lowest BCUT2D eigenvalue weighted by Crippen LogP contribution is -2.03. The Morgan fingerprint density at radius 2 is 1.41 bits per heavy atom. The molecule has 22 heavy (non-hydrogen) atoms. The van der Waals surface area contributed by atoms with Crippen LogP contribution < -0.4 is 0 Å². The molecule has 0 aliphatic heterocycles. The van der Waals surface area contributed by atoms with Crippen molar-refractivity contribution >= 4 is 0 Å². The number of aromatic nitrogens is 2. The lowest BCUT2D eigenvalue weighted by atomic mass is 10.1. The van der Waals surface area contributed by atoms with Crippen LogP contribution in [-0.2, 0) is 0 Å². The zero-order valence-electron chi connectivity index (χ0n) is 12.6. The van der Waals surface area contributed by atoms with E-state index in [1.807, 2.05) is 28.9 Å². The topological polar surface area (TPSA) is 58.3 Å². The van der Waals surface area contributed by atoms with E-state index in [-0.39, 0.29) is 11.5 Å². The minimum absolute atomic E-state index is 0.237. The van der Waals surface area contributed by atoms with E-state index in [0.29, 0.717) is 5.92 Å². The maximum Gasteiger partial charge on any atom is 0.115 e. The Morgan fingerprint density at radius 1 is 0.864 bits per heavy atom. The first kappa shape index (κ1) is 14.2. The highest BCUT2D eigenvalue weighted by molar-refractivity contribution is 5.61. The van der Waals surface area contributed by atoms with Gasteiger partial charge in [0.25, 0.3) is 0 Å². The molecule has 0 bridgehead atoms. The average molecular weight is 294 g/mol. The highest BCUT2D eigenvalue weighted by atomic mass is 16.3. The second-order valence-corrected chi connectivity index (χ2v) is 5.58. The number of hydrogen-bond donors (Lipinski definition) is 2. The largest absolute Gasteiger partial charge is 0.508 e. The third kappa shape index (κ3) is 2.68. The summed E-state index contributed by atoms with van der Waals surface area (Å²) in [4.78, 5) is 0. The quantitative estimate of drug-likeness (QED) is 0.765. The lowest BCUT2D eigenvalue weighted by molar-refractivity contribution is 0.474. The van der Waals surface area contributed by atoms with Gasteiger partial charge in [0.15, 0.2) is 0 Å². The standard InChI is InChI=1S/C18H18N2O2/c1-12(2)18-11-17(13-3-7-15(21)8-4-13)19-20(18)14-5-9-16(22)10-6-14/h3-12,21-22H,1-2H3. The van der Waals surface area contributed by atoms with E-state index in [1.54, 1.807) is 24.3 Å². The molecule has 0 unspecified atom stereocenters. The maximum atomic E-state index is 9.44. The van der Waals surface area contributed by atoms with E-state index in [2.05, 4.69) is 25.0 Å². The van der Waals surface area contributed by atoms with Crippen LogP contribution in [0.15, 0.2) is 54.6 Å². The molecule has 0 saturated heterocycles. The molecule has 1 heterocycles. The summed E-state index contributed by atoms with van der Waals surface area (Å²) in [5.41, 5.74) is 3.81. The number of nitrogens with zero attached hydrogens (tertiary/aromatic N) is 2. The van der Waals surface area contributed by atoms with Crippen LogP contribution in [0.4, 0.5) is 0 Å². The third-order valence-corrected chi connectivity index (χ3v) is 3.59. The minimum atomic E-state index is 0.237. The fourth-order valence-electron chi connectivity index (χ4n) is 2.38. The van der Waals surface area contributed by atoms with Crippen molar-refractivity contribution in [2.75, 3.05) is 0 Å². The number of phenolic OH excluding ortho intramolecular Hbond substituents is 2. The fraction of sp³-hybridized carbons (Fsp3) is 0.167. The second kappa shape index (κ2) is 5.56. The van der Waals surface area contributed by atoms with E-state index >= 15 is 0 Å². The molecular formula is C18H18N2O2. The fourth-order valence-corrected chi connectivity index (χ4v) is 2.38. The van der Waals surface area contributed by atoms with Crippen LogP contribution in [0.25, 0.3) is 16.9 Å². The van der Waals surface area contributed by atoms with Gasteiger partial charge >= 0.3 is 0 Å². The van der Waals surface area contributed by atoms with Gasteiger partial charge in [-0.05, 0) is 60.5 Å². The van der Waals surface area contributed by atoms with E-state index in [4.69, 9.17) is 0 Å². The number of phenols is 2. The highest BCUT2D eigenvalue weighted by Gasteiger charge is 2.14. The zero-order valence-corrected chi connectivity index (χ0v) is 12.6. The first-order valence-electron chi connectivity index (χ1n) is 7.23. The molecule has 3 rings (SSSR count). The predicted octanol–water partition coefficient (Wildman–Crippen LogP) is 4.07. The Labute approximate surface area is 129 Å². The first-order chi connectivity index (χ1) is 10.5. The van der Waals surface area contributed by atoms with Gasteiger partial charge < -0.3 is 10.2 Å². The number of aromatic hydroxyl groups is 2. The van der Waals surface area contributed by atoms with Crippen LogP contribution in [0, 0.1) is 0 Å². The molecule has 1 aromatic heterocycles. The van der Waals surface area contributed by atoms with Crippen LogP contribution in [-0.4, -0.2) is 20.0 Å². The molecule has 4 nitrogen and oxygen atoms in total. The molecule has 0 atom stereocenters. The molecule has 2 aromatic carbocycles. The van der Waals surface area contributed by atoms with Crippen molar-refractivity contribution in [1.29, 1.82) is 0 Å². The summed E-state index contributed by atoms with van der Waals surface area (Å²) in [6, 6.07) is 16.1. The molecule has 0 aliphatic carbocycles. The van der Waals surface area contributed by atoms with E-state index in [0.717, 1.165) is 22.6 Å². The number of rotatable bonds is 3. The van der Waals surface area contributed by atoms with Crippen LogP contribution in [0.1, 0.15) is 25.5 Å². The normalized spacial score (nSPS) is 11.0. The predicted molar refractivity (Wildman–Crippen MR) is 86.4 cm³/mol. The van der Waals surface area contributed by atoms with Crippen LogP contribution in [0.3, 0.4) is 0 Å². The van der Waals surface area contributed by atoms with Crippen molar-refractivity contribution in [2.45, 2.75) is 19.8 Å². The lowest BCUT2D eigenvalue weighted by Gasteiger charge is -2.09. The summed E-state index contributed by atoms with van der Waals surface area (Å²) >= 11 is 0. The van der Waals surface area contributed by atoms with E-state index in [9.17, 15) is 10.2 Å². The molecule has 3 aromatic rings. The molecule has 0 fully saturated rings. The van der Waals surface area contributed by atoms with Crippen LogP contribution >= 0.6 is 0 Å². The first-order valence-corrected chi connectivity index (χ1v) is 7.23. The van der Waals surface area contributed by atoms with E-state index < -0.39 is 0 Å². The Bertz CT molecular complexity index is 772. The van der Waals surface area contributed by atoms with Gasteiger partial charge in [0, 0.05) is 11.3 Å². The molecule has 4 heteroatoms. The van der Waals surface area contributed by atoms with Gasteiger partial charge in [-0.1, -0.05) is 13.8 Å². The number of benzene rings is 2. The van der Waals surface area contributed by atoms with Crippen molar-refractivity contribution in [3.05, 3.63) is 60.3 Å². The Hall–Kier alpha value is -2.75. The van der Waals surface area contributed by atoms with Crippen molar-refractivity contribution in [3.8, 4) is 28.4 Å². The number of hydrogen-bond acceptors (Lipinski definition) is 3. The molecule has 0 saturated carbocycles. The summed E-state index contributed by atoms with van der Waals surface area (Å²) in [5.74, 6) is 0.790. The van der Waals surface area contributed by atoms with Gasteiger partial charge in [0.2, 0.25) is 0 Å².